The minimum atomic E-state index is -0.331. The summed E-state index contributed by atoms with van der Waals surface area (Å²) in [6, 6.07) is 16.3. The van der Waals surface area contributed by atoms with E-state index in [-0.39, 0.29) is 17.5 Å². The normalized spacial score (nSPS) is 10.0. The van der Waals surface area contributed by atoms with Crippen molar-refractivity contribution in [3.8, 4) is 0 Å². The lowest BCUT2D eigenvalue weighted by Gasteiger charge is -2.08. The number of rotatable bonds is 5. The third kappa shape index (κ3) is 4.64. The molecule has 7 nitrogen and oxygen atoms in total. The van der Waals surface area contributed by atoms with E-state index in [9.17, 15) is 9.59 Å². The first-order valence-electron chi connectivity index (χ1n) is 7.93. The molecule has 0 aliphatic carbocycles. The van der Waals surface area contributed by atoms with Gasteiger partial charge in [0.25, 0.3) is 5.91 Å². The smallest absolute Gasteiger partial charge is 0.275 e. The Bertz CT molecular complexity index is 911. The molecule has 2 aromatic carbocycles. The number of hydrogen-bond acceptors (Lipinski definition) is 5. The van der Waals surface area contributed by atoms with Crippen molar-refractivity contribution in [1.82, 2.24) is 9.97 Å². The Morgan fingerprint density at radius 1 is 0.808 bits per heavy atom. The standard InChI is InChI=1S/C19H17N5O2/c1-13(25)22-15-8-5-9-16(10-15)23-18-12-20-17(11-21-18)19(26)24-14-6-3-2-4-7-14/h2-12H,1H3,(H,21,23)(H,22,25)(H,24,26). The van der Waals surface area contributed by atoms with Gasteiger partial charge in [-0.2, -0.15) is 0 Å². The van der Waals surface area contributed by atoms with Crippen LogP contribution in [0.3, 0.4) is 0 Å². The fraction of sp³-hybridized carbons (Fsp3) is 0.0526. The summed E-state index contributed by atoms with van der Waals surface area (Å²) in [5.74, 6) is 0.0138. The monoisotopic (exact) mass is 347 g/mol. The lowest BCUT2D eigenvalue weighted by molar-refractivity contribution is -0.114. The van der Waals surface area contributed by atoms with E-state index in [1.807, 2.05) is 30.3 Å². The van der Waals surface area contributed by atoms with Crippen molar-refractivity contribution in [1.29, 1.82) is 0 Å². The van der Waals surface area contributed by atoms with E-state index in [4.69, 9.17) is 0 Å². The molecule has 0 radical (unpaired) electrons. The molecule has 26 heavy (non-hydrogen) atoms. The molecule has 0 unspecified atom stereocenters. The lowest BCUT2D eigenvalue weighted by Crippen LogP contribution is -2.14. The molecule has 0 atom stereocenters. The summed E-state index contributed by atoms with van der Waals surface area (Å²) in [7, 11) is 0. The predicted octanol–water partition coefficient (Wildman–Crippen LogP) is 3.43. The number of carbonyl (C=O) groups excluding carboxylic acids is 2. The first-order valence-corrected chi connectivity index (χ1v) is 7.93. The summed E-state index contributed by atoms with van der Waals surface area (Å²) in [6.07, 6.45) is 2.88. The van der Waals surface area contributed by atoms with Gasteiger partial charge < -0.3 is 16.0 Å². The van der Waals surface area contributed by atoms with Gasteiger partial charge in [-0.1, -0.05) is 24.3 Å². The summed E-state index contributed by atoms with van der Waals surface area (Å²) in [6.45, 7) is 1.45. The maximum absolute atomic E-state index is 12.2. The minimum absolute atomic E-state index is 0.143. The average molecular weight is 347 g/mol. The molecule has 0 saturated carbocycles. The number of hydrogen-bond donors (Lipinski definition) is 3. The van der Waals surface area contributed by atoms with Crippen LogP contribution in [0.15, 0.2) is 67.0 Å². The second-order valence-electron chi connectivity index (χ2n) is 5.49. The highest BCUT2D eigenvalue weighted by atomic mass is 16.2. The molecular formula is C19H17N5O2. The minimum Gasteiger partial charge on any atom is -0.339 e. The van der Waals surface area contributed by atoms with Crippen LogP contribution in [0.1, 0.15) is 17.4 Å². The van der Waals surface area contributed by atoms with Gasteiger partial charge in [0.2, 0.25) is 5.91 Å². The molecular weight excluding hydrogens is 330 g/mol. The summed E-state index contributed by atoms with van der Waals surface area (Å²) in [5, 5.41) is 8.54. The molecule has 0 bridgehead atoms. The molecule has 2 amide bonds. The van der Waals surface area contributed by atoms with Crippen molar-refractivity contribution < 1.29 is 9.59 Å². The fourth-order valence-electron chi connectivity index (χ4n) is 2.25. The van der Waals surface area contributed by atoms with Crippen molar-refractivity contribution in [2.45, 2.75) is 6.92 Å². The van der Waals surface area contributed by atoms with Crippen molar-refractivity contribution in [3.63, 3.8) is 0 Å². The van der Waals surface area contributed by atoms with Crippen LogP contribution in [-0.2, 0) is 4.79 Å². The van der Waals surface area contributed by atoms with E-state index in [0.29, 0.717) is 17.2 Å². The van der Waals surface area contributed by atoms with E-state index < -0.39 is 0 Å². The van der Waals surface area contributed by atoms with E-state index in [1.54, 1.807) is 24.3 Å². The number of nitrogens with one attached hydrogen (secondary N) is 3. The molecule has 3 rings (SSSR count). The van der Waals surface area contributed by atoms with Gasteiger partial charge in [-0.3, -0.25) is 9.59 Å². The number of para-hydroxylation sites is 1. The number of benzene rings is 2. The van der Waals surface area contributed by atoms with Crippen LogP contribution in [0.4, 0.5) is 22.9 Å². The quantitative estimate of drug-likeness (QED) is 0.657. The van der Waals surface area contributed by atoms with Gasteiger partial charge in [0.05, 0.1) is 12.4 Å². The first kappa shape index (κ1) is 17.1. The zero-order valence-corrected chi connectivity index (χ0v) is 14.1. The van der Waals surface area contributed by atoms with Crippen LogP contribution in [0.25, 0.3) is 0 Å². The molecule has 0 spiro atoms. The van der Waals surface area contributed by atoms with Gasteiger partial charge in [-0.25, -0.2) is 9.97 Å². The third-order valence-corrected chi connectivity index (χ3v) is 3.37. The molecule has 0 aliphatic heterocycles. The second kappa shape index (κ2) is 7.89. The Kier molecular flexibility index (Phi) is 5.19. The van der Waals surface area contributed by atoms with Gasteiger partial charge in [-0.05, 0) is 30.3 Å². The van der Waals surface area contributed by atoms with Crippen LogP contribution in [-0.4, -0.2) is 21.8 Å². The summed E-state index contributed by atoms with van der Waals surface area (Å²) in [4.78, 5) is 31.6. The highest BCUT2D eigenvalue weighted by Crippen LogP contribution is 2.18. The Labute approximate surface area is 150 Å². The van der Waals surface area contributed by atoms with E-state index in [2.05, 4.69) is 25.9 Å². The first-order chi connectivity index (χ1) is 12.6. The summed E-state index contributed by atoms with van der Waals surface area (Å²) >= 11 is 0. The molecule has 0 saturated heterocycles. The van der Waals surface area contributed by atoms with E-state index in [0.717, 1.165) is 5.69 Å². The van der Waals surface area contributed by atoms with Crippen molar-refractivity contribution in [2.75, 3.05) is 16.0 Å². The number of amides is 2. The van der Waals surface area contributed by atoms with E-state index >= 15 is 0 Å². The Morgan fingerprint density at radius 3 is 2.23 bits per heavy atom. The third-order valence-electron chi connectivity index (χ3n) is 3.37. The van der Waals surface area contributed by atoms with Crippen molar-refractivity contribution in [2.24, 2.45) is 0 Å². The SMILES string of the molecule is CC(=O)Nc1cccc(Nc2cnc(C(=O)Nc3ccccc3)cn2)c1. The summed E-state index contributed by atoms with van der Waals surface area (Å²) < 4.78 is 0. The Balaban J connectivity index is 1.66. The second-order valence-corrected chi connectivity index (χ2v) is 5.49. The van der Waals surface area contributed by atoms with Crippen LogP contribution in [0, 0.1) is 0 Å². The Morgan fingerprint density at radius 2 is 1.54 bits per heavy atom. The molecule has 1 aromatic heterocycles. The van der Waals surface area contributed by atoms with Crippen molar-refractivity contribution in [3.05, 3.63) is 72.7 Å². The van der Waals surface area contributed by atoms with Crippen LogP contribution < -0.4 is 16.0 Å². The molecule has 0 aliphatic rings. The molecule has 1 heterocycles. The van der Waals surface area contributed by atoms with Gasteiger partial charge in [-0.15, -0.1) is 0 Å². The maximum Gasteiger partial charge on any atom is 0.275 e. The number of anilines is 4. The topological polar surface area (TPSA) is 96.0 Å². The van der Waals surface area contributed by atoms with Gasteiger partial charge >= 0.3 is 0 Å². The highest BCUT2D eigenvalue weighted by molar-refractivity contribution is 6.02. The molecule has 7 heteroatoms. The zero-order chi connectivity index (χ0) is 18.4. The molecule has 3 N–H and O–H groups in total. The van der Waals surface area contributed by atoms with E-state index in [1.165, 1.54) is 19.3 Å². The van der Waals surface area contributed by atoms with Gasteiger partial charge in [0.15, 0.2) is 0 Å². The lowest BCUT2D eigenvalue weighted by atomic mass is 10.2. The highest BCUT2D eigenvalue weighted by Gasteiger charge is 2.08. The predicted molar refractivity (Wildman–Crippen MR) is 100 cm³/mol. The number of aromatic nitrogens is 2. The van der Waals surface area contributed by atoms with Gasteiger partial charge in [0.1, 0.15) is 11.5 Å². The number of carbonyl (C=O) groups is 2. The average Bonchev–Trinajstić information content (AvgIpc) is 2.63. The van der Waals surface area contributed by atoms with Crippen LogP contribution >= 0.6 is 0 Å². The summed E-state index contributed by atoms with van der Waals surface area (Å²) in [5.41, 5.74) is 2.32. The van der Waals surface area contributed by atoms with Crippen LogP contribution in [0.2, 0.25) is 0 Å². The largest absolute Gasteiger partial charge is 0.339 e. The molecule has 0 fully saturated rings. The molecule has 3 aromatic rings. The Hall–Kier alpha value is -3.74. The fourth-order valence-corrected chi connectivity index (χ4v) is 2.25. The zero-order valence-electron chi connectivity index (χ0n) is 14.1. The van der Waals surface area contributed by atoms with Gasteiger partial charge in [0, 0.05) is 24.0 Å². The molecule has 130 valence electrons. The number of nitrogens with zero attached hydrogens (tertiary/aromatic N) is 2. The van der Waals surface area contributed by atoms with Crippen molar-refractivity contribution >= 4 is 34.7 Å². The maximum atomic E-state index is 12.2. The van der Waals surface area contributed by atoms with Crippen LogP contribution in [0.5, 0.6) is 0 Å².